The number of hydrogen-bond acceptors (Lipinski definition) is 1. The van der Waals surface area contributed by atoms with E-state index >= 15 is 0 Å². The third kappa shape index (κ3) is 7.42. The van der Waals surface area contributed by atoms with E-state index in [-0.39, 0.29) is 29.8 Å². The zero-order chi connectivity index (χ0) is 14.3. The molecule has 0 aliphatic rings. The Morgan fingerprint density at radius 2 is 2.05 bits per heavy atom. The molecule has 0 unspecified atom stereocenters. The third-order valence-electron chi connectivity index (χ3n) is 2.59. The summed E-state index contributed by atoms with van der Waals surface area (Å²) in [5.41, 5.74) is 1.08. The monoisotopic (exact) mass is 457 g/mol. The Labute approximate surface area is 146 Å². The number of rotatable bonds is 5. The van der Waals surface area contributed by atoms with E-state index < -0.39 is 0 Å². The topological polar surface area (TPSA) is 36.4 Å². The highest BCUT2D eigenvalue weighted by molar-refractivity contribution is 14.0. The highest BCUT2D eigenvalue weighted by atomic mass is 127. The maximum atomic E-state index is 13.1. The van der Waals surface area contributed by atoms with E-state index in [1.165, 1.54) is 6.07 Å². The molecule has 1 rings (SSSR count). The van der Waals surface area contributed by atoms with E-state index in [2.05, 4.69) is 45.4 Å². The molecule has 0 heterocycles. The van der Waals surface area contributed by atoms with Crippen molar-refractivity contribution in [3.05, 3.63) is 34.1 Å². The van der Waals surface area contributed by atoms with Crippen molar-refractivity contribution in [2.75, 3.05) is 20.1 Å². The Morgan fingerprint density at radius 1 is 1.35 bits per heavy atom. The van der Waals surface area contributed by atoms with Gasteiger partial charge in [-0.15, -0.1) is 24.0 Å². The molecule has 0 aliphatic carbocycles. The van der Waals surface area contributed by atoms with Crippen LogP contribution >= 0.6 is 39.9 Å². The molecule has 6 heteroatoms. The maximum Gasteiger partial charge on any atom is 0.190 e. The second kappa shape index (κ2) is 10.4. The predicted octanol–water partition coefficient (Wildman–Crippen LogP) is 3.57. The SMILES string of the molecule is CN=C(NCCc1ccc(F)c(Br)c1)NCC(C)C.I. The second-order valence-electron chi connectivity index (χ2n) is 4.77. The summed E-state index contributed by atoms with van der Waals surface area (Å²) in [6, 6.07) is 5.08. The summed E-state index contributed by atoms with van der Waals surface area (Å²) in [6.45, 7) is 5.95. The molecule has 0 aromatic heterocycles. The fourth-order valence-electron chi connectivity index (χ4n) is 1.54. The Bertz CT molecular complexity index is 438. The van der Waals surface area contributed by atoms with Crippen LogP contribution in [0.5, 0.6) is 0 Å². The van der Waals surface area contributed by atoms with E-state index in [1.54, 1.807) is 19.2 Å². The molecule has 2 N–H and O–H groups in total. The summed E-state index contributed by atoms with van der Waals surface area (Å²) >= 11 is 3.19. The summed E-state index contributed by atoms with van der Waals surface area (Å²) in [6.07, 6.45) is 0.821. The number of halogens is 3. The van der Waals surface area contributed by atoms with Gasteiger partial charge in [-0.25, -0.2) is 4.39 Å². The molecule has 0 fully saturated rings. The first-order chi connectivity index (χ1) is 9.02. The Morgan fingerprint density at radius 3 is 2.60 bits per heavy atom. The lowest BCUT2D eigenvalue weighted by Gasteiger charge is -2.13. The Balaban J connectivity index is 0.00000361. The summed E-state index contributed by atoms with van der Waals surface area (Å²) in [4.78, 5) is 4.15. The van der Waals surface area contributed by atoms with Crippen LogP contribution in [0, 0.1) is 11.7 Å². The van der Waals surface area contributed by atoms with Gasteiger partial charge < -0.3 is 10.6 Å². The average molecular weight is 458 g/mol. The van der Waals surface area contributed by atoms with Crippen LogP contribution in [0.2, 0.25) is 0 Å². The zero-order valence-corrected chi connectivity index (χ0v) is 16.0. The fourth-order valence-corrected chi connectivity index (χ4v) is 1.97. The zero-order valence-electron chi connectivity index (χ0n) is 12.0. The van der Waals surface area contributed by atoms with Gasteiger partial charge in [0.05, 0.1) is 4.47 Å². The fraction of sp³-hybridized carbons (Fsp3) is 0.500. The molecule has 0 saturated heterocycles. The van der Waals surface area contributed by atoms with Crippen molar-refractivity contribution in [2.45, 2.75) is 20.3 Å². The van der Waals surface area contributed by atoms with Crippen LogP contribution in [0.4, 0.5) is 4.39 Å². The first kappa shape index (κ1) is 19.6. The number of nitrogens with zero attached hydrogens (tertiary/aromatic N) is 1. The van der Waals surface area contributed by atoms with Gasteiger partial charge in [0.15, 0.2) is 5.96 Å². The number of hydrogen-bond donors (Lipinski definition) is 2. The van der Waals surface area contributed by atoms with Gasteiger partial charge in [-0.05, 0) is 46.0 Å². The molecule has 0 bridgehead atoms. The molecule has 0 saturated carbocycles. The molecule has 0 aliphatic heterocycles. The molecule has 0 amide bonds. The van der Waals surface area contributed by atoms with Gasteiger partial charge in [-0.1, -0.05) is 19.9 Å². The van der Waals surface area contributed by atoms with Crippen molar-refractivity contribution >= 4 is 45.9 Å². The lowest BCUT2D eigenvalue weighted by molar-refractivity contribution is 0.614. The van der Waals surface area contributed by atoms with Crippen LogP contribution in [-0.4, -0.2) is 26.1 Å². The van der Waals surface area contributed by atoms with Crippen LogP contribution in [0.3, 0.4) is 0 Å². The van der Waals surface area contributed by atoms with E-state index in [0.717, 1.165) is 31.0 Å². The molecule has 0 radical (unpaired) electrons. The first-order valence-corrected chi connectivity index (χ1v) is 7.20. The molecule has 114 valence electrons. The van der Waals surface area contributed by atoms with Gasteiger partial charge in [0, 0.05) is 20.1 Å². The molecule has 1 aromatic rings. The van der Waals surface area contributed by atoms with E-state index in [0.29, 0.717) is 10.4 Å². The van der Waals surface area contributed by atoms with Gasteiger partial charge in [0.1, 0.15) is 5.82 Å². The van der Waals surface area contributed by atoms with Crippen LogP contribution in [0.25, 0.3) is 0 Å². The molecule has 0 atom stereocenters. The quantitative estimate of drug-likeness (QED) is 0.403. The first-order valence-electron chi connectivity index (χ1n) is 6.41. The van der Waals surface area contributed by atoms with Crippen molar-refractivity contribution in [1.82, 2.24) is 10.6 Å². The van der Waals surface area contributed by atoms with Crippen molar-refractivity contribution in [2.24, 2.45) is 10.9 Å². The third-order valence-corrected chi connectivity index (χ3v) is 3.20. The van der Waals surface area contributed by atoms with Gasteiger partial charge in [0.2, 0.25) is 0 Å². The summed E-state index contributed by atoms with van der Waals surface area (Å²) in [7, 11) is 1.75. The van der Waals surface area contributed by atoms with E-state index in [9.17, 15) is 4.39 Å². The number of nitrogens with one attached hydrogen (secondary N) is 2. The Hall–Kier alpha value is -0.370. The van der Waals surface area contributed by atoms with Crippen LogP contribution in [0.15, 0.2) is 27.7 Å². The highest BCUT2D eigenvalue weighted by Gasteiger charge is 2.02. The minimum absolute atomic E-state index is 0. The lowest BCUT2D eigenvalue weighted by atomic mass is 10.1. The van der Waals surface area contributed by atoms with Crippen LogP contribution in [-0.2, 0) is 6.42 Å². The number of guanidine groups is 1. The lowest BCUT2D eigenvalue weighted by Crippen LogP contribution is -2.39. The molecule has 3 nitrogen and oxygen atoms in total. The van der Waals surface area contributed by atoms with Crippen molar-refractivity contribution in [1.29, 1.82) is 0 Å². The molecule has 0 spiro atoms. The van der Waals surface area contributed by atoms with Crippen LogP contribution in [0.1, 0.15) is 19.4 Å². The molecule has 1 aromatic carbocycles. The normalized spacial score (nSPS) is 11.2. The van der Waals surface area contributed by atoms with Crippen molar-refractivity contribution < 1.29 is 4.39 Å². The summed E-state index contributed by atoms with van der Waals surface area (Å²) in [5, 5.41) is 6.48. The molecular formula is C14H22BrFIN3. The molecule has 20 heavy (non-hydrogen) atoms. The van der Waals surface area contributed by atoms with Gasteiger partial charge >= 0.3 is 0 Å². The number of aliphatic imine (C=N–C) groups is 1. The van der Waals surface area contributed by atoms with E-state index in [4.69, 9.17) is 0 Å². The average Bonchev–Trinajstić information content (AvgIpc) is 2.37. The smallest absolute Gasteiger partial charge is 0.190 e. The largest absolute Gasteiger partial charge is 0.356 e. The summed E-state index contributed by atoms with van der Waals surface area (Å²) in [5.74, 6) is 1.15. The summed E-state index contributed by atoms with van der Waals surface area (Å²) < 4.78 is 13.6. The van der Waals surface area contributed by atoms with Gasteiger partial charge in [-0.3, -0.25) is 4.99 Å². The van der Waals surface area contributed by atoms with Gasteiger partial charge in [0.25, 0.3) is 0 Å². The predicted molar refractivity (Wildman–Crippen MR) is 97.4 cm³/mol. The minimum atomic E-state index is -0.230. The standard InChI is InChI=1S/C14H21BrFN3.HI/c1-10(2)9-19-14(17-3)18-7-6-11-4-5-13(16)12(15)8-11;/h4-5,8,10H,6-7,9H2,1-3H3,(H2,17,18,19);1H. The maximum absolute atomic E-state index is 13.1. The van der Waals surface area contributed by atoms with Gasteiger partial charge in [-0.2, -0.15) is 0 Å². The molecular weight excluding hydrogens is 436 g/mol. The van der Waals surface area contributed by atoms with Crippen molar-refractivity contribution in [3.8, 4) is 0 Å². The Kier molecular flexibility index (Phi) is 10.2. The number of benzene rings is 1. The van der Waals surface area contributed by atoms with Crippen molar-refractivity contribution in [3.63, 3.8) is 0 Å². The van der Waals surface area contributed by atoms with Crippen LogP contribution < -0.4 is 10.6 Å². The highest BCUT2D eigenvalue weighted by Crippen LogP contribution is 2.16. The minimum Gasteiger partial charge on any atom is -0.356 e. The van der Waals surface area contributed by atoms with E-state index in [1.807, 2.05) is 0 Å². The second-order valence-corrected chi connectivity index (χ2v) is 5.63.